The standard InChI is InChI=1S/C65H123NO3/c1-3-5-7-9-11-13-15-17-19-21-23-25-27-29-31-33-35-37-39-41-43-45-47-49-51-53-55-57-59-61-65(69)66-63(62-67)64(68)60-58-56-54-52-50-48-46-44-42-40-38-36-34-32-30-28-26-24-22-20-18-16-14-12-10-8-6-4-2/h5,7,11,13,17,19,23,25,63-64,67-68H,3-4,6,8-10,12,14-16,18,20-22,24,26-62H2,1-2H3,(H,66,69)/b7-5-,13-11-,19-17-,25-23-. The van der Waals surface area contributed by atoms with Gasteiger partial charge < -0.3 is 15.5 Å². The smallest absolute Gasteiger partial charge is 0.220 e. The maximum Gasteiger partial charge on any atom is 0.220 e. The molecule has 0 rings (SSSR count). The summed E-state index contributed by atoms with van der Waals surface area (Å²) in [6.07, 6.45) is 84.2. The third-order valence-corrected chi connectivity index (χ3v) is 14.6. The molecule has 0 aromatic heterocycles. The SMILES string of the molecule is CC/C=C\C/C=C\C/C=C\C/C=C\CCCCCCCCCCCCCCCCCCC(=O)NC(CO)C(O)CCCCCCCCCCCCCCCCCCCCCCCCCCCCCC. The molecule has 0 bridgehead atoms. The predicted octanol–water partition coefficient (Wildman–Crippen LogP) is 21.0. The lowest BCUT2D eigenvalue weighted by atomic mass is 10.0. The van der Waals surface area contributed by atoms with Gasteiger partial charge in [-0.25, -0.2) is 0 Å². The first-order valence-corrected chi connectivity index (χ1v) is 31.3. The number of nitrogens with one attached hydrogen (secondary N) is 1. The highest BCUT2D eigenvalue weighted by Crippen LogP contribution is 2.18. The molecule has 4 nitrogen and oxygen atoms in total. The van der Waals surface area contributed by atoms with Crippen LogP contribution in [0, 0.1) is 0 Å². The van der Waals surface area contributed by atoms with Crippen LogP contribution >= 0.6 is 0 Å². The van der Waals surface area contributed by atoms with Crippen LogP contribution in [0.25, 0.3) is 0 Å². The monoisotopic (exact) mass is 966 g/mol. The van der Waals surface area contributed by atoms with Gasteiger partial charge in [-0.1, -0.05) is 332 Å². The van der Waals surface area contributed by atoms with Gasteiger partial charge in [0.2, 0.25) is 5.91 Å². The second-order valence-corrected chi connectivity index (χ2v) is 21.5. The van der Waals surface area contributed by atoms with E-state index in [-0.39, 0.29) is 12.5 Å². The lowest BCUT2D eigenvalue weighted by molar-refractivity contribution is -0.123. The number of amides is 1. The quantitative estimate of drug-likeness (QED) is 0.0420. The Morgan fingerprint density at radius 2 is 0.638 bits per heavy atom. The summed E-state index contributed by atoms with van der Waals surface area (Å²) in [5.74, 6) is -0.0267. The molecule has 0 spiro atoms. The maximum absolute atomic E-state index is 12.5. The Hall–Kier alpha value is -1.65. The van der Waals surface area contributed by atoms with Crippen LogP contribution in [0.5, 0.6) is 0 Å². The summed E-state index contributed by atoms with van der Waals surface area (Å²) in [6, 6.07) is -0.538. The molecule has 0 aromatic carbocycles. The van der Waals surface area contributed by atoms with Gasteiger partial charge in [-0.2, -0.15) is 0 Å². The average molecular weight is 967 g/mol. The first kappa shape index (κ1) is 67.3. The second kappa shape index (κ2) is 60.7. The Labute approximate surface area is 433 Å². The zero-order valence-corrected chi connectivity index (χ0v) is 46.8. The molecule has 406 valence electrons. The first-order valence-electron chi connectivity index (χ1n) is 31.3. The van der Waals surface area contributed by atoms with Crippen LogP contribution in [0.4, 0.5) is 0 Å². The lowest BCUT2D eigenvalue weighted by Crippen LogP contribution is -2.45. The molecule has 0 saturated heterocycles. The van der Waals surface area contributed by atoms with Crippen LogP contribution in [0.2, 0.25) is 0 Å². The van der Waals surface area contributed by atoms with Gasteiger partial charge in [0.25, 0.3) is 0 Å². The molecular formula is C65H123NO3. The highest BCUT2D eigenvalue weighted by atomic mass is 16.3. The van der Waals surface area contributed by atoms with Crippen molar-refractivity contribution in [2.45, 2.75) is 353 Å². The third-order valence-electron chi connectivity index (χ3n) is 14.6. The Bertz CT molecular complexity index is 1090. The summed E-state index contributed by atoms with van der Waals surface area (Å²) in [5.41, 5.74) is 0. The van der Waals surface area contributed by atoms with Crippen LogP contribution < -0.4 is 5.32 Å². The summed E-state index contributed by atoms with van der Waals surface area (Å²) in [6.45, 7) is 4.28. The summed E-state index contributed by atoms with van der Waals surface area (Å²) < 4.78 is 0. The zero-order valence-electron chi connectivity index (χ0n) is 46.8. The van der Waals surface area contributed by atoms with Crippen molar-refractivity contribution in [3.63, 3.8) is 0 Å². The van der Waals surface area contributed by atoms with E-state index < -0.39 is 12.1 Å². The molecule has 0 heterocycles. The van der Waals surface area contributed by atoms with Crippen LogP contribution in [0.1, 0.15) is 341 Å². The molecule has 0 aliphatic carbocycles. The van der Waals surface area contributed by atoms with Crippen LogP contribution in [-0.2, 0) is 4.79 Å². The summed E-state index contributed by atoms with van der Waals surface area (Å²) in [7, 11) is 0. The predicted molar refractivity (Wildman–Crippen MR) is 308 cm³/mol. The summed E-state index contributed by atoms with van der Waals surface area (Å²) in [4.78, 5) is 12.5. The molecule has 0 radical (unpaired) electrons. The van der Waals surface area contributed by atoms with E-state index in [1.165, 1.54) is 263 Å². The van der Waals surface area contributed by atoms with Crippen molar-refractivity contribution in [1.82, 2.24) is 5.32 Å². The average Bonchev–Trinajstić information content (AvgIpc) is 3.35. The van der Waals surface area contributed by atoms with Gasteiger partial charge in [-0.05, 0) is 51.4 Å². The fraction of sp³-hybridized carbons (Fsp3) is 0.862. The number of hydrogen-bond donors (Lipinski definition) is 3. The Morgan fingerprint density at radius 3 is 0.957 bits per heavy atom. The number of rotatable bonds is 58. The van der Waals surface area contributed by atoms with Crippen molar-refractivity contribution < 1.29 is 15.0 Å². The fourth-order valence-electron chi connectivity index (χ4n) is 9.89. The van der Waals surface area contributed by atoms with E-state index in [9.17, 15) is 15.0 Å². The van der Waals surface area contributed by atoms with E-state index in [0.717, 1.165) is 51.4 Å². The van der Waals surface area contributed by atoms with E-state index in [2.05, 4.69) is 67.8 Å². The molecular weight excluding hydrogens is 843 g/mol. The topological polar surface area (TPSA) is 69.6 Å². The highest BCUT2D eigenvalue weighted by Gasteiger charge is 2.20. The van der Waals surface area contributed by atoms with Crippen molar-refractivity contribution >= 4 is 5.91 Å². The molecule has 2 unspecified atom stereocenters. The van der Waals surface area contributed by atoms with Crippen molar-refractivity contribution in [2.75, 3.05) is 6.61 Å². The summed E-state index contributed by atoms with van der Waals surface area (Å²) >= 11 is 0. The minimum atomic E-state index is -0.661. The van der Waals surface area contributed by atoms with Crippen molar-refractivity contribution in [3.05, 3.63) is 48.6 Å². The van der Waals surface area contributed by atoms with E-state index in [0.29, 0.717) is 12.8 Å². The molecule has 0 aliphatic rings. The number of aliphatic hydroxyl groups is 2. The minimum absolute atomic E-state index is 0.0267. The molecule has 0 saturated carbocycles. The lowest BCUT2D eigenvalue weighted by Gasteiger charge is -2.22. The van der Waals surface area contributed by atoms with Crippen molar-refractivity contribution in [1.29, 1.82) is 0 Å². The molecule has 4 heteroatoms. The Morgan fingerprint density at radius 1 is 0.362 bits per heavy atom. The fourth-order valence-corrected chi connectivity index (χ4v) is 9.89. The number of allylic oxidation sites excluding steroid dienone is 8. The second-order valence-electron chi connectivity index (χ2n) is 21.5. The third kappa shape index (κ3) is 57.1. The van der Waals surface area contributed by atoms with Crippen molar-refractivity contribution in [2.24, 2.45) is 0 Å². The van der Waals surface area contributed by atoms with Gasteiger partial charge in [0.15, 0.2) is 0 Å². The van der Waals surface area contributed by atoms with E-state index in [1.54, 1.807) is 0 Å². The van der Waals surface area contributed by atoms with Crippen LogP contribution in [0.15, 0.2) is 48.6 Å². The molecule has 69 heavy (non-hydrogen) atoms. The normalized spacial score (nSPS) is 13.0. The number of carbonyl (C=O) groups excluding carboxylic acids is 1. The minimum Gasteiger partial charge on any atom is -0.394 e. The number of unbranched alkanes of at least 4 members (excludes halogenated alkanes) is 43. The Kier molecular flexibility index (Phi) is 59.2. The maximum atomic E-state index is 12.5. The largest absolute Gasteiger partial charge is 0.394 e. The Balaban J connectivity index is 3.42. The van der Waals surface area contributed by atoms with Gasteiger partial charge in [0.05, 0.1) is 18.8 Å². The number of aliphatic hydroxyl groups excluding tert-OH is 2. The van der Waals surface area contributed by atoms with Gasteiger partial charge in [-0.3, -0.25) is 4.79 Å². The van der Waals surface area contributed by atoms with E-state index in [1.807, 2.05) is 0 Å². The molecule has 3 N–H and O–H groups in total. The van der Waals surface area contributed by atoms with Gasteiger partial charge in [-0.15, -0.1) is 0 Å². The number of carbonyl (C=O) groups is 1. The molecule has 1 amide bonds. The summed E-state index contributed by atoms with van der Waals surface area (Å²) in [5, 5.41) is 23.4. The van der Waals surface area contributed by atoms with Gasteiger partial charge >= 0.3 is 0 Å². The number of hydrogen-bond acceptors (Lipinski definition) is 3. The van der Waals surface area contributed by atoms with Crippen LogP contribution in [0.3, 0.4) is 0 Å². The van der Waals surface area contributed by atoms with E-state index in [4.69, 9.17) is 0 Å². The van der Waals surface area contributed by atoms with E-state index >= 15 is 0 Å². The first-order chi connectivity index (χ1) is 34.2. The van der Waals surface area contributed by atoms with Gasteiger partial charge in [0, 0.05) is 6.42 Å². The highest BCUT2D eigenvalue weighted by molar-refractivity contribution is 5.76. The van der Waals surface area contributed by atoms with Crippen molar-refractivity contribution in [3.8, 4) is 0 Å². The molecule has 0 fully saturated rings. The van der Waals surface area contributed by atoms with Crippen LogP contribution in [-0.4, -0.2) is 34.9 Å². The van der Waals surface area contributed by atoms with Gasteiger partial charge in [0.1, 0.15) is 0 Å². The molecule has 0 aromatic rings. The molecule has 2 atom stereocenters. The molecule has 0 aliphatic heterocycles. The zero-order chi connectivity index (χ0) is 49.9.